The molecule has 1 aliphatic heterocycles. The number of allylic oxidation sites excluding steroid dienone is 2. The molecule has 33 heavy (non-hydrogen) atoms. The number of methoxy groups -OCH3 is 3. The first-order valence-electron chi connectivity index (χ1n) is 10.1. The van der Waals surface area contributed by atoms with E-state index in [1.165, 1.54) is 28.3 Å². The number of hydrogen-bond acceptors (Lipinski definition) is 9. The number of carbonyl (C=O) groups is 3. The minimum atomic E-state index is -0.769. The molecule has 0 bridgehead atoms. The van der Waals surface area contributed by atoms with Crippen LogP contribution in [0.3, 0.4) is 0 Å². The monoisotopic (exact) mass is 455 g/mol. The first kappa shape index (κ1) is 23.6. The maximum absolute atomic E-state index is 12.9. The van der Waals surface area contributed by atoms with E-state index in [0.717, 1.165) is 0 Å². The summed E-state index contributed by atoms with van der Waals surface area (Å²) in [6, 6.07) is 5.00. The number of rotatable bonds is 7. The van der Waals surface area contributed by atoms with Crippen molar-refractivity contribution in [2.75, 3.05) is 27.9 Å². The van der Waals surface area contributed by atoms with Crippen molar-refractivity contribution in [3.8, 4) is 11.5 Å². The minimum Gasteiger partial charge on any atom is -0.493 e. The molecule has 9 nitrogen and oxygen atoms in total. The molecule has 1 N–H and O–H groups in total. The molecule has 0 aromatic heterocycles. The van der Waals surface area contributed by atoms with Gasteiger partial charge in [-0.15, -0.1) is 0 Å². The molecule has 0 amide bonds. The van der Waals surface area contributed by atoms with Crippen molar-refractivity contribution in [1.29, 1.82) is 0 Å². The fourth-order valence-electron chi connectivity index (χ4n) is 3.63. The predicted molar refractivity (Wildman–Crippen MR) is 120 cm³/mol. The van der Waals surface area contributed by atoms with Gasteiger partial charge in [-0.1, -0.05) is 0 Å². The van der Waals surface area contributed by atoms with Crippen LogP contribution in [0.4, 0.5) is 0 Å². The van der Waals surface area contributed by atoms with E-state index in [1.54, 1.807) is 36.6 Å². The van der Waals surface area contributed by atoms with Gasteiger partial charge in [0.25, 0.3) is 0 Å². The highest BCUT2D eigenvalue weighted by Gasteiger charge is 2.28. The van der Waals surface area contributed by atoms with Crippen molar-refractivity contribution >= 4 is 34.3 Å². The first-order valence-corrected chi connectivity index (χ1v) is 10.1. The fourth-order valence-corrected chi connectivity index (χ4v) is 3.63. The number of fused-ring (bicyclic) bond motifs is 1. The zero-order valence-corrected chi connectivity index (χ0v) is 19.0. The van der Waals surface area contributed by atoms with Crippen molar-refractivity contribution in [3.05, 3.63) is 53.2 Å². The third-order valence-corrected chi connectivity index (χ3v) is 4.95. The highest BCUT2D eigenvalue weighted by molar-refractivity contribution is 6.14. The van der Waals surface area contributed by atoms with Crippen LogP contribution in [0.2, 0.25) is 0 Å². The number of benzene rings is 2. The smallest absolute Gasteiger partial charge is 0.339 e. The van der Waals surface area contributed by atoms with Crippen LogP contribution in [0.25, 0.3) is 16.3 Å². The zero-order chi connectivity index (χ0) is 24.1. The molecule has 0 saturated heterocycles. The van der Waals surface area contributed by atoms with Gasteiger partial charge in [-0.25, -0.2) is 9.59 Å². The lowest BCUT2D eigenvalue weighted by atomic mass is 9.88. The maximum atomic E-state index is 12.9. The Labute approximate surface area is 190 Å². The second-order valence-corrected chi connectivity index (χ2v) is 6.97. The van der Waals surface area contributed by atoms with Gasteiger partial charge in [0.15, 0.2) is 17.7 Å². The van der Waals surface area contributed by atoms with Crippen molar-refractivity contribution in [2.24, 2.45) is 0 Å². The summed E-state index contributed by atoms with van der Waals surface area (Å²) in [5.41, 5.74) is 0.970. The number of carbonyl (C=O) groups excluding carboxylic acids is 3. The number of nitrogens with one attached hydrogen (secondary N) is 1. The van der Waals surface area contributed by atoms with Crippen LogP contribution in [0.15, 0.2) is 36.6 Å². The zero-order valence-electron chi connectivity index (χ0n) is 19.0. The molecule has 1 heterocycles. The molecule has 3 rings (SSSR count). The molecule has 2 aromatic rings. The van der Waals surface area contributed by atoms with Crippen molar-refractivity contribution in [3.63, 3.8) is 0 Å². The summed E-state index contributed by atoms with van der Waals surface area (Å²) in [5, 5.41) is 4.12. The van der Waals surface area contributed by atoms with Gasteiger partial charge in [0.1, 0.15) is 0 Å². The number of dihydropyridines is 1. The van der Waals surface area contributed by atoms with Gasteiger partial charge in [0.05, 0.1) is 39.1 Å². The van der Waals surface area contributed by atoms with Crippen LogP contribution in [-0.2, 0) is 19.0 Å². The summed E-state index contributed by atoms with van der Waals surface area (Å²) in [5.74, 6) is -0.989. The van der Waals surface area contributed by atoms with Crippen LogP contribution < -0.4 is 14.8 Å². The second-order valence-electron chi connectivity index (χ2n) is 6.97. The Morgan fingerprint density at radius 2 is 1.73 bits per heavy atom. The molecular formula is C24H25NO8. The van der Waals surface area contributed by atoms with E-state index in [4.69, 9.17) is 23.7 Å². The van der Waals surface area contributed by atoms with Crippen molar-refractivity contribution < 1.29 is 38.1 Å². The Kier molecular flexibility index (Phi) is 7.22. The van der Waals surface area contributed by atoms with E-state index in [2.05, 4.69) is 5.32 Å². The molecule has 1 atom stereocenters. The summed E-state index contributed by atoms with van der Waals surface area (Å²) in [6.45, 7) is 3.54. The topological polar surface area (TPSA) is 109 Å². The van der Waals surface area contributed by atoms with Crippen LogP contribution in [-0.4, -0.2) is 52.1 Å². The Hall–Kier alpha value is -4.01. The lowest BCUT2D eigenvalue weighted by Gasteiger charge is -2.22. The highest BCUT2D eigenvalue weighted by Crippen LogP contribution is 2.40. The van der Waals surface area contributed by atoms with Gasteiger partial charge in [-0.05, 0) is 53.6 Å². The average Bonchev–Trinajstić information content (AvgIpc) is 2.81. The van der Waals surface area contributed by atoms with Gasteiger partial charge >= 0.3 is 17.9 Å². The van der Waals surface area contributed by atoms with E-state index in [0.29, 0.717) is 40.0 Å². The molecule has 0 radical (unpaired) electrons. The van der Waals surface area contributed by atoms with Crippen molar-refractivity contribution in [1.82, 2.24) is 5.32 Å². The van der Waals surface area contributed by atoms with E-state index in [9.17, 15) is 14.4 Å². The first-order chi connectivity index (χ1) is 15.8. The molecule has 0 aliphatic carbocycles. The Bertz CT molecular complexity index is 1160. The summed E-state index contributed by atoms with van der Waals surface area (Å²) >= 11 is 0. The normalized spacial score (nSPS) is 14.7. The van der Waals surface area contributed by atoms with Crippen LogP contribution in [0.1, 0.15) is 40.1 Å². The van der Waals surface area contributed by atoms with E-state index in [1.807, 2.05) is 6.92 Å². The third kappa shape index (κ3) is 4.77. The average molecular weight is 455 g/mol. The second kappa shape index (κ2) is 10.1. The molecule has 1 unspecified atom stereocenters. The number of esters is 3. The molecule has 0 spiro atoms. The van der Waals surface area contributed by atoms with Crippen LogP contribution in [0.5, 0.6) is 11.5 Å². The summed E-state index contributed by atoms with van der Waals surface area (Å²) in [4.78, 5) is 37.1. The fraction of sp³-hybridized carbons (Fsp3) is 0.292. The number of hydrogen-bond donors (Lipinski definition) is 1. The molecular weight excluding hydrogens is 430 g/mol. The molecule has 9 heteroatoms. The van der Waals surface area contributed by atoms with Gasteiger partial charge in [-0.2, -0.15) is 0 Å². The highest BCUT2D eigenvalue weighted by atomic mass is 16.6. The lowest BCUT2D eigenvalue weighted by Crippen LogP contribution is -2.29. The Morgan fingerprint density at radius 1 is 1.00 bits per heavy atom. The Balaban J connectivity index is 2.43. The van der Waals surface area contributed by atoms with Crippen molar-refractivity contribution in [2.45, 2.75) is 20.1 Å². The molecule has 2 aromatic carbocycles. The quantitative estimate of drug-likeness (QED) is 0.497. The van der Waals surface area contributed by atoms with E-state index in [-0.39, 0.29) is 11.1 Å². The standard InChI is InChI=1S/C24H25NO8/c1-6-32-19-10-15-9-17(23(27)30-4)22(24(28)31-5)21(16(15)12-18(19)29-3)14-7-8-25-20(11-14)33-13(2)26/h7-12,20,25H,6H2,1-5H3. The van der Waals surface area contributed by atoms with Gasteiger partial charge < -0.3 is 29.0 Å². The van der Waals surface area contributed by atoms with Gasteiger partial charge in [0.2, 0.25) is 0 Å². The largest absolute Gasteiger partial charge is 0.493 e. The summed E-state index contributed by atoms with van der Waals surface area (Å²) in [6.07, 6.45) is 4.15. The van der Waals surface area contributed by atoms with Gasteiger partial charge in [-0.3, -0.25) is 4.79 Å². The lowest BCUT2D eigenvalue weighted by molar-refractivity contribution is -0.144. The molecule has 0 fully saturated rings. The third-order valence-electron chi connectivity index (χ3n) is 4.95. The predicted octanol–water partition coefficient (Wildman–Crippen LogP) is 3.21. The molecule has 0 saturated carbocycles. The molecule has 174 valence electrons. The Morgan fingerprint density at radius 3 is 2.33 bits per heavy atom. The van der Waals surface area contributed by atoms with E-state index < -0.39 is 24.1 Å². The minimum absolute atomic E-state index is 0.0161. The van der Waals surface area contributed by atoms with Gasteiger partial charge in [0, 0.05) is 18.7 Å². The number of ether oxygens (including phenoxy) is 5. The molecule has 1 aliphatic rings. The van der Waals surface area contributed by atoms with Crippen LogP contribution >= 0.6 is 0 Å². The maximum Gasteiger partial charge on any atom is 0.339 e. The van der Waals surface area contributed by atoms with Crippen LogP contribution in [0, 0.1) is 0 Å². The SMILES string of the molecule is CCOc1cc2cc(C(=O)OC)c(C(=O)OC)c(C3=CC(OC(C)=O)NC=C3)c2cc1OC. The summed E-state index contributed by atoms with van der Waals surface area (Å²) < 4.78 is 26.4. The van der Waals surface area contributed by atoms with E-state index >= 15 is 0 Å². The summed E-state index contributed by atoms with van der Waals surface area (Å²) in [7, 11) is 3.96.